The maximum absolute atomic E-state index is 4.10. The van der Waals surface area contributed by atoms with Crippen LogP contribution in [0.4, 0.5) is 0 Å². The van der Waals surface area contributed by atoms with Gasteiger partial charge >= 0.3 is 0 Å². The highest BCUT2D eigenvalue weighted by molar-refractivity contribution is 5.24. The number of rotatable bonds is 8. The van der Waals surface area contributed by atoms with Crippen LogP contribution >= 0.6 is 0 Å². The molecule has 0 aliphatic rings. The summed E-state index contributed by atoms with van der Waals surface area (Å²) in [5.41, 5.74) is 4.17. The van der Waals surface area contributed by atoms with Gasteiger partial charge in [0.25, 0.3) is 0 Å². The van der Waals surface area contributed by atoms with Crippen molar-refractivity contribution in [2.75, 3.05) is 6.54 Å². The van der Waals surface area contributed by atoms with Crippen LogP contribution in [-0.2, 0) is 19.3 Å². The molecule has 1 unspecified atom stereocenters. The van der Waals surface area contributed by atoms with Crippen LogP contribution < -0.4 is 5.32 Å². The van der Waals surface area contributed by atoms with Crippen molar-refractivity contribution in [3.63, 3.8) is 0 Å². The number of aromatic nitrogens is 1. The van der Waals surface area contributed by atoms with E-state index in [2.05, 4.69) is 60.5 Å². The van der Waals surface area contributed by atoms with E-state index in [4.69, 9.17) is 0 Å². The van der Waals surface area contributed by atoms with Gasteiger partial charge in [-0.3, -0.25) is 4.98 Å². The van der Waals surface area contributed by atoms with E-state index in [-0.39, 0.29) is 0 Å². The lowest BCUT2D eigenvalue weighted by atomic mass is 9.98. The molecule has 2 heteroatoms. The smallest absolute Gasteiger partial charge is 0.0270 e. The molecule has 1 heterocycles. The number of nitrogens with zero attached hydrogens (tertiary/aromatic N) is 1. The van der Waals surface area contributed by atoms with Crippen LogP contribution in [0.25, 0.3) is 0 Å². The van der Waals surface area contributed by atoms with Crippen molar-refractivity contribution in [3.8, 4) is 0 Å². The number of benzene rings is 1. The van der Waals surface area contributed by atoms with Gasteiger partial charge in [-0.2, -0.15) is 0 Å². The largest absolute Gasteiger partial charge is 0.313 e. The summed E-state index contributed by atoms with van der Waals surface area (Å²) >= 11 is 0. The molecule has 0 fully saturated rings. The molecular weight excluding hydrogens is 256 g/mol. The van der Waals surface area contributed by atoms with Crippen molar-refractivity contribution in [3.05, 3.63) is 65.5 Å². The van der Waals surface area contributed by atoms with E-state index in [1.807, 2.05) is 12.4 Å². The first-order valence-corrected chi connectivity index (χ1v) is 8.02. The molecule has 0 radical (unpaired) electrons. The summed E-state index contributed by atoms with van der Waals surface area (Å²) in [6.45, 7) is 5.49. The molecule has 1 atom stereocenters. The molecule has 0 bridgehead atoms. The van der Waals surface area contributed by atoms with Gasteiger partial charge in [0.15, 0.2) is 0 Å². The van der Waals surface area contributed by atoms with Crippen LogP contribution in [0.3, 0.4) is 0 Å². The maximum Gasteiger partial charge on any atom is 0.0270 e. The van der Waals surface area contributed by atoms with Crippen molar-refractivity contribution in [1.82, 2.24) is 10.3 Å². The van der Waals surface area contributed by atoms with Gasteiger partial charge in [0.1, 0.15) is 0 Å². The number of aryl methyl sites for hydroxylation is 1. The molecular formula is C19H26N2. The highest BCUT2D eigenvalue weighted by Crippen LogP contribution is 2.11. The molecule has 0 aliphatic carbocycles. The van der Waals surface area contributed by atoms with Crippen molar-refractivity contribution in [1.29, 1.82) is 0 Å². The molecule has 0 spiro atoms. The van der Waals surface area contributed by atoms with Gasteiger partial charge in [-0.25, -0.2) is 0 Å². The Morgan fingerprint density at radius 1 is 0.857 bits per heavy atom. The second kappa shape index (κ2) is 8.58. The first-order valence-electron chi connectivity index (χ1n) is 8.02. The Labute approximate surface area is 128 Å². The summed E-state index contributed by atoms with van der Waals surface area (Å²) in [7, 11) is 0. The topological polar surface area (TPSA) is 24.9 Å². The Kier molecular flexibility index (Phi) is 6.42. The molecule has 2 aromatic rings. The minimum atomic E-state index is 0.486. The number of nitrogens with one attached hydrogen (secondary N) is 1. The third-order valence-electron chi connectivity index (χ3n) is 3.83. The van der Waals surface area contributed by atoms with E-state index in [1.165, 1.54) is 23.1 Å². The molecule has 2 nitrogen and oxygen atoms in total. The summed E-state index contributed by atoms with van der Waals surface area (Å²) in [6, 6.07) is 13.7. The van der Waals surface area contributed by atoms with E-state index in [0.29, 0.717) is 6.04 Å². The summed E-state index contributed by atoms with van der Waals surface area (Å²) < 4.78 is 0. The lowest BCUT2D eigenvalue weighted by Crippen LogP contribution is -2.33. The van der Waals surface area contributed by atoms with E-state index in [9.17, 15) is 0 Å². The second-order valence-corrected chi connectivity index (χ2v) is 5.58. The maximum atomic E-state index is 4.10. The van der Waals surface area contributed by atoms with Crippen LogP contribution in [0, 0.1) is 0 Å². The van der Waals surface area contributed by atoms with E-state index in [1.54, 1.807) is 0 Å². The van der Waals surface area contributed by atoms with Gasteiger partial charge in [-0.05, 0) is 61.1 Å². The molecule has 1 aromatic carbocycles. The Balaban J connectivity index is 2.00. The Morgan fingerprint density at radius 3 is 2.00 bits per heavy atom. The molecule has 0 saturated carbocycles. The average molecular weight is 282 g/mol. The van der Waals surface area contributed by atoms with Gasteiger partial charge < -0.3 is 5.32 Å². The van der Waals surface area contributed by atoms with Gasteiger partial charge in [0.2, 0.25) is 0 Å². The van der Waals surface area contributed by atoms with Crippen molar-refractivity contribution in [2.24, 2.45) is 0 Å². The fourth-order valence-corrected chi connectivity index (χ4v) is 2.56. The lowest BCUT2D eigenvalue weighted by Gasteiger charge is -2.19. The Morgan fingerprint density at radius 2 is 1.43 bits per heavy atom. The molecule has 0 amide bonds. The SMILES string of the molecule is CCCNC(Cc1ccncc1)Cc1ccc(CC)cc1. The quantitative estimate of drug-likeness (QED) is 0.796. The molecule has 21 heavy (non-hydrogen) atoms. The van der Waals surface area contributed by atoms with Crippen LogP contribution in [0.1, 0.15) is 37.0 Å². The molecule has 1 aromatic heterocycles. The molecule has 0 saturated heterocycles. The van der Waals surface area contributed by atoms with Crippen molar-refractivity contribution in [2.45, 2.75) is 45.6 Å². The van der Waals surface area contributed by atoms with Crippen LogP contribution in [-0.4, -0.2) is 17.6 Å². The molecule has 112 valence electrons. The molecule has 2 rings (SSSR count). The third-order valence-corrected chi connectivity index (χ3v) is 3.83. The molecule has 0 aliphatic heterocycles. The minimum Gasteiger partial charge on any atom is -0.313 e. The standard InChI is InChI=1S/C19H26N2/c1-3-11-21-19(15-18-9-12-20-13-10-18)14-17-7-5-16(4-2)6-8-17/h5-10,12-13,19,21H,3-4,11,14-15H2,1-2H3. The Bertz CT molecular complexity index is 505. The predicted octanol–water partition coefficient (Wildman–Crippen LogP) is 3.80. The van der Waals surface area contributed by atoms with Gasteiger partial charge in [-0.15, -0.1) is 0 Å². The number of hydrogen-bond acceptors (Lipinski definition) is 2. The summed E-state index contributed by atoms with van der Waals surface area (Å²) in [6.07, 6.45) is 8.16. The van der Waals surface area contributed by atoms with E-state index >= 15 is 0 Å². The average Bonchev–Trinajstić information content (AvgIpc) is 2.54. The fraction of sp³-hybridized carbons (Fsp3) is 0.421. The second-order valence-electron chi connectivity index (χ2n) is 5.58. The first kappa shape index (κ1) is 15.7. The monoisotopic (exact) mass is 282 g/mol. The predicted molar refractivity (Wildman–Crippen MR) is 89.5 cm³/mol. The zero-order chi connectivity index (χ0) is 14.9. The fourth-order valence-electron chi connectivity index (χ4n) is 2.56. The van der Waals surface area contributed by atoms with Crippen molar-refractivity contribution < 1.29 is 0 Å². The lowest BCUT2D eigenvalue weighted by molar-refractivity contribution is 0.504. The summed E-state index contributed by atoms with van der Waals surface area (Å²) in [5.74, 6) is 0. The normalized spacial score (nSPS) is 12.3. The highest BCUT2D eigenvalue weighted by atomic mass is 14.9. The van der Waals surface area contributed by atoms with Crippen molar-refractivity contribution >= 4 is 0 Å². The zero-order valence-corrected chi connectivity index (χ0v) is 13.2. The van der Waals surface area contributed by atoms with Crippen LogP contribution in [0.15, 0.2) is 48.8 Å². The van der Waals surface area contributed by atoms with Gasteiger partial charge in [0.05, 0.1) is 0 Å². The van der Waals surface area contributed by atoms with E-state index < -0.39 is 0 Å². The number of pyridine rings is 1. The van der Waals surface area contributed by atoms with Gasteiger partial charge in [0, 0.05) is 18.4 Å². The van der Waals surface area contributed by atoms with Gasteiger partial charge in [-0.1, -0.05) is 38.1 Å². The van der Waals surface area contributed by atoms with Crippen LogP contribution in [0.2, 0.25) is 0 Å². The van der Waals surface area contributed by atoms with Crippen LogP contribution in [0.5, 0.6) is 0 Å². The Hall–Kier alpha value is -1.67. The summed E-state index contributed by atoms with van der Waals surface area (Å²) in [4.78, 5) is 4.10. The van der Waals surface area contributed by atoms with E-state index in [0.717, 1.165) is 25.8 Å². The zero-order valence-electron chi connectivity index (χ0n) is 13.2. The third kappa shape index (κ3) is 5.31. The minimum absolute atomic E-state index is 0.486. The first-order chi connectivity index (χ1) is 10.3. The highest BCUT2D eigenvalue weighted by Gasteiger charge is 2.10. The number of hydrogen-bond donors (Lipinski definition) is 1. The molecule has 1 N–H and O–H groups in total. The summed E-state index contributed by atoms with van der Waals surface area (Å²) in [5, 5.41) is 3.67.